The molecule has 2 aliphatic carbocycles. The van der Waals surface area contributed by atoms with Crippen molar-refractivity contribution in [3.63, 3.8) is 0 Å². The lowest BCUT2D eigenvalue weighted by molar-refractivity contribution is -0.125. The molecule has 0 saturated heterocycles. The van der Waals surface area contributed by atoms with Crippen LogP contribution in [0, 0.1) is 17.3 Å². The van der Waals surface area contributed by atoms with Gasteiger partial charge in [0.25, 0.3) is 0 Å². The molecular weight excluding hydrogens is 238 g/mol. The molecule has 3 heteroatoms. The molecule has 2 fully saturated rings. The van der Waals surface area contributed by atoms with Crippen LogP contribution in [0.1, 0.15) is 53.4 Å². The van der Waals surface area contributed by atoms with E-state index < -0.39 is 0 Å². The summed E-state index contributed by atoms with van der Waals surface area (Å²) >= 11 is 0. The van der Waals surface area contributed by atoms with Crippen LogP contribution in [-0.2, 0) is 4.79 Å². The Balaban J connectivity index is 1.95. The van der Waals surface area contributed by atoms with Gasteiger partial charge in [-0.1, -0.05) is 38.3 Å². The molecule has 3 nitrogen and oxygen atoms in total. The number of aliphatic hydroxyl groups is 1. The summed E-state index contributed by atoms with van der Waals surface area (Å²) in [6, 6.07) is -0.0370. The van der Waals surface area contributed by atoms with Crippen molar-refractivity contribution < 1.29 is 9.90 Å². The molecule has 0 heterocycles. The predicted molar refractivity (Wildman–Crippen MR) is 76.6 cm³/mol. The summed E-state index contributed by atoms with van der Waals surface area (Å²) in [5.74, 6) is 0.535. The molecule has 2 saturated carbocycles. The molecular formula is C16H27NO2. The van der Waals surface area contributed by atoms with Gasteiger partial charge in [0.05, 0.1) is 18.1 Å². The molecule has 2 aliphatic rings. The first-order valence-electron chi connectivity index (χ1n) is 7.47. The number of nitrogens with one attached hydrogen (secondary N) is 1. The van der Waals surface area contributed by atoms with Crippen molar-refractivity contribution in [1.29, 1.82) is 0 Å². The van der Waals surface area contributed by atoms with Crippen LogP contribution in [0.25, 0.3) is 0 Å². The van der Waals surface area contributed by atoms with E-state index in [0.717, 1.165) is 25.7 Å². The zero-order chi connectivity index (χ0) is 14.2. The van der Waals surface area contributed by atoms with Crippen molar-refractivity contribution in [1.82, 2.24) is 5.32 Å². The standard InChI is InChI=1S/C16H27NO2/c1-10(2)9-11-14(16(11,3)4)15(19)17-12-7-5-6-8-13(12)18/h9,11-14,18H,5-8H2,1-4H3,(H,17,19). The van der Waals surface area contributed by atoms with Crippen LogP contribution in [0.2, 0.25) is 0 Å². The van der Waals surface area contributed by atoms with Crippen molar-refractivity contribution in [2.75, 3.05) is 0 Å². The van der Waals surface area contributed by atoms with Crippen LogP contribution >= 0.6 is 0 Å². The fourth-order valence-corrected chi connectivity index (χ4v) is 3.40. The van der Waals surface area contributed by atoms with Gasteiger partial charge < -0.3 is 10.4 Å². The smallest absolute Gasteiger partial charge is 0.224 e. The Bertz CT molecular complexity index is 382. The predicted octanol–water partition coefficient (Wildman–Crippen LogP) is 2.64. The van der Waals surface area contributed by atoms with Crippen molar-refractivity contribution in [3.05, 3.63) is 11.6 Å². The Morgan fingerprint density at radius 3 is 2.47 bits per heavy atom. The van der Waals surface area contributed by atoms with E-state index in [9.17, 15) is 9.90 Å². The lowest BCUT2D eigenvalue weighted by atomic mass is 9.92. The SMILES string of the molecule is CC(C)=CC1C(C(=O)NC2CCCCC2O)C1(C)C. The van der Waals surface area contributed by atoms with Crippen LogP contribution in [0.5, 0.6) is 0 Å². The molecule has 4 atom stereocenters. The largest absolute Gasteiger partial charge is 0.391 e. The summed E-state index contributed by atoms with van der Waals surface area (Å²) in [6.45, 7) is 8.46. The molecule has 19 heavy (non-hydrogen) atoms. The number of allylic oxidation sites excluding steroid dienone is 2. The van der Waals surface area contributed by atoms with E-state index in [-0.39, 0.29) is 29.4 Å². The van der Waals surface area contributed by atoms with Crippen LogP contribution in [-0.4, -0.2) is 23.2 Å². The summed E-state index contributed by atoms with van der Waals surface area (Å²) in [7, 11) is 0. The molecule has 0 aromatic heterocycles. The highest BCUT2D eigenvalue weighted by Gasteiger charge is 2.60. The summed E-state index contributed by atoms with van der Waals surface area (Å²) in [4.78, 5) is 12.4. The van der Waals surface area contributed by atoms with Crippen molar-refractivity contribution in [3.8, 4) is 0 Å². The second-order valence-corrected chi connectivity index (χ2v) is 7.04. The first kappa shape index (κ1) is 14.6. The summed E-state index contributed by atoms with van der Waals surface area (Å²) < 4.78 is 0. The van der Waals surface area contributed by atoms with Gasteiger partial charge in [0.2, 0.25) is 5.91 Å². The van der Waals surface area contributed by atoms with Crippen molar-refractivity contribution in [2.24, 2.45) is 17.3 Å². The van der Waals surface area contributed by atoms with Gasteiger partial charge in [-0.3, -0.25) is 4.79 Å². The second-order valence-electron chi connectivity index (χ2n) is 7.04. The second kappa shape index (κ2) is 5.28. The Hall–Kier alpha value is -0.830. The van der Waals surface area contributed by atoms with E-state index in [1.807, 2.05) is 0 Å². The zero-order valence-electron chi connectivity index (χ0n) is 12.6. The lowest BCUT2D eigenvalue weighted by Gasteiger charge is -2.28. The highest BCUT2D eigenvalue weighted by atomic mass is 16.3. The monoisotopic (exact) mass is 265 g/mol. The Morgan fingerprint density at radius 2 is 1.89 bits per heavy atom. The van der Waals surface area contributed by atoms with E-state index in [4.69, 9.17) is 0 Å². The minimum Gasteiger partial charge on any atom is -0.391 e. The average molecular weight is 265 g/mol. The molecule has 0 spiro atoms. The highest BCUT2D eigenvalue weighted by Crippen LogP contribution is 2.59. The third-order valence-corrected chi connectivity index (χ3v) is 4.76. The summed E-state index contributed by atoms with van der Waals surface area (Å²) in [5, 5.41) is 13.0. The third kappa shape index (κ3) is 3.02. The molecule has 2 N–H and O–H groups in total. The summed E-state index contributed by atoms with van der Waals surface area (Å²) in [5.41, 5.74) is 1.33. The molecule has 1 amide bonds. The first-order valence-corrected chi connectivity index (χ1v) is 7.47. The molecule has 0 aliphatic heterocycles. The van der Waals surface area contributed by atoms with Crippen LogP contribution in [0.3, 0.4) is 0 Å². The van der Waals surface area contributed by atoms with Gasteiger partial charge >= 0.3 is 0 Å². The number of rotatable bonds is 3. The first-order chi connectivity index (χ1) is 8.84. The van der Waals surface area contributed by atoms with Gasteiger partial charge in [-0.25, -0.2) is 0 Å². The molecule has 108 valence electrons. The molecule has 0 radical (unpaired) electrons. The molecule has 0 aromatic rings. The van der Waals surface area contributed by atoms with Gasteiger partial charge in [0.15, 0.2) is 0 Å². The maximum Gasteiger partial charge on any atom is 0.224 e. The topological polar surface area (TPSA) is 49.3 Å². The fourth-order valence-electron chi connectivity index (χ4n) is 3.40. The maximum atomic E-state index is 12.4. The number of carbonyl (C=O) groups is 1. The minimum atomic E-state index is -0.360. The van der Waals surface area contributed by atoms with Gasteiger partial charge in [-0.15, -0.1) is 0 Å². The van der Waals surface area contributed by atoms with Gasteiger partial charge in [-0.05, 0) is 38.0 Å². The zero-order valence-corrected chi connectivity index (χ0v) is 12.6. The summed E-state index contributed by atoms with van der Waals surface area (Å²) in [6.07, 6.45) is 5.75. The quantitative estimate of drug-likeness (QED) is 0.771. The van der Waals surface area contributed by atoms with E-state index >= 15 is 0 Å². The average Bonchev–Trinajstić information content (AvgIpc) is 2.82. The normalized spacial score (nSPS) is 36.5. The van der Waals surface area contributed by atoms with E-state index in [1.54, 1.807) is 0 Å². The third-order valence-electron chi connectivity index (χ3n) is 4.76. The van der Waals surface area contributed by atoms with E-state index in [2.05, 4.69) is 39.1 Å². The number of hydrogen-bond acceptors (Lipinski definition) is 2. The van der Waals surface area contributed by atoms with Crippen molar-refractivity contribution in [2.45, 2.75) is 65.5 Å². The highest BCUT2D eigenvalue weighted by molar-refractivity contribution is 5.84. The van der Waals surface area contributed by atoms with Gasteiger partial charge in [0.1, 0.15) is 0 Å². The Kier molecular flexibility index (Phi) is 4.05. The number of hydrogen-bond donors (Lipinski definition) is 2. The number of amides is 1. The molecule has 2 rings (SSSR count). The minimum absolute atomic E-state index is 0.0370. The van der Waals surface area contributed by atoms with Crippen LogP contribution in [0.4, 0.5) is 0 Å². The van der Waals surface area contributed by atoms with E-state index in [0.29, 0.717) is 5.92 Å². The van der Waals surface area contributed by atoms with Crippen LogP contribution < -0.4 is 5.32 Å². The molecule has 4 unspecified atom stereocenters. The van der Waals surface area contributed by atoms with Crippen LogP contribution in [0.15, 0.2) is 11.6 Å². The van der Waals surface area contributed by atoms with Gasteiger partial charge in [-0.2, -0.15) is 0 Å². The van der Waals surface area contributed by atoms with E-state index in [1.165, 1.54) is 5.57 Å². The Morgan fingerprint density at radius 1 is 1.26 bits per heavy atom. The molecule has 0 bridgehead atoms. The maximum absolute atomic E-state index is 12.4. The van der Waals surface area contributed by atoms with Gasteiger partial charge in [0, 0.05) is 0 Å². The lowest BCUT2D eigenvalue weighted by Crippen LogP contribution is -2.46. The Labute approximate surface area is 116 Å². The van der Waals surface area contributed by atoms with Crippen molar-refractivity contribution >= 4 is 5.91 Å². The number of carbonyl (C=O) groups excluding carboxylic acids is 1. The fraction of sp³-hybridized carbons (Fsp3) is 0.812. The molecule has 0 aromatic carbocycles. The number of aliphatic hydroxyl groups excluding tert-OH is 1.